The Labute approximate surface area is 256 Å². The summed E-state index contributed by atoms with van der Waals surface area (Å²) in [6, 6.07) is 18.1. The molecule has 1 atom stereocenters. The molecular formula is C33H38N5O4S+. The van der Waals surface area contributed by atoms with Crippen molar-refractivity contribution in [2.24, 2.45) is 5.10 Å². The zero-order valence-corrected chi connectivity index (χ0v) is 25.4. The number of benzene rings is 2. The highest BCUT2D eigenvalue weighted by Gasteiger charge is 2.60. The predicted octanol–water partition coefficient (Wildman–Crippen LogP) is 6.87. The summed E-state index contributed by atoms with van der Waals surface area (Å²) in [5.74, 6) is -0.174. The summed E-state index contributed by atoms with van der Waals surface area (Å²) < 4.78 is 4.96. The summed E-state index contributed by atoms with van der Waals surface area (Å²) in [6.45, 7) is 5.25. The second-order valence-electron chi connectivity index (χ2n) is 11.4. The molecule has 1 saturated carbocycles. The molecule has 0 bridgehead atoms. The first-order valence-corrected chi connectivity index (χ1v) is 16.2. The topological polar surface area (TPSA) is 91.3 Å². The number of carbonyl (C=O) groups is 3. The number of likely N-dealkylation sites (tertiary alicyclic amines) is 1. The van der Waals surface area contributed by atoms with Crippen molar-refractivity contribution >= 4 is 45.9 Å². The number of ether oxygens (including phenoxy) is 1. The maximum atomic E-state index is 14.5. The van der Waals surface area contributed by atoms with Crippen LogP contribution in [-0.2, 0) is 11.3 Å². The van der Waals surface area contributed by atoms with Crippen LogP contribution in [0, 0.1) is 0 Å². The van der Waals surface area contributed by atoms with Gasteiger partial charge in [0.2, 0.25) is 10.8 Å². The average Bonchev–Trinajstić information content (AvgIpc) is 3.79. The average molecular weight is 601 g/mol. The molecule has 1 saturated heterocycles. The van der Waals surface area contributed by atoms with Crippen LogP contribution in [0.15, 0.2) is 71.1 Å². The zero-order chi connectivity index (χ0) is 29.8. The number of nitrogens with zero attached hydrogens (tertiary/aromatic N) is 4. The first-order chi connectivity index (χ1) is 21.0. The van der Waals surface area contributed by atoms with E-state index in [2.05, 4.69) is 10.2 Å². The van der Waals surface area contributed by atoms with Crippen LogP contribution in [0.25, 0.3) is 0 Å². The van der Waals surface area contributed by atoms with Crippen LogP contribution in [0.4, 0.5) is 20.3 Å². The lowest BCUT2D eigenvalue weighted by Gasteiger charge is -2.28. The van der Waals surface area contributed by atoms with Gasteiger partial charge in [0.05, 0.1) is 5.56 Å². The highest BCUT2D eigenvalue weighted by atomic mass is 32.1. The molecule has 3 aromatic rings. The Hall–Kier alpha value is -3.86. The standard InChI is InChI=1S/C33H37N5O4S/c1-2-37(26-11-5-3-6-12-26)32(40)38(33(41)42-27-13-7-8-14-27)31-28(19-22-43-31)29(35-38)34-30(39)25-17-15-24(16-18-25)23-36-20-9-4-10-21-36/h3,5-6,11-12,15-19,22,27H,2,4,7-10,13-14,20-21,23H2,1H3/p+1. The van der Waals surface area contributed by atoms with Gasteiger partial charge in [-0.25, -0.2) is 4.79 Å². The summed E-state index contributed by atoms with van der Waals surface area (Å²) in [5, 5.41) is 9.83. The van der Waals surface area contributed by atoms with Crippen molar-refractivity contribution < 1.29 is 19.1 Å². The molecule has 6 rings (SSSR count). The van der Waals surface area contributed by atoms with Crippen molar-refractivity contribution in [1.29, 1.82) is 0 Å². The van der Waals surface area contributed by atoms with Gasteiger partial charge in [-0.1, -0.05) is 48.1 Å². The third-order valence-corrected chi connectivity index (χ3v) is 9.45. The molecule has 0 spiro atoms. The van der Waals surface area contributed by atoms with Crippen molar-refractivity contribution in [2.75, 3.05) is 24.5 Å². The highest BCUT2D eigenvalue weighted by Crippen LogP contribution is 2.43. The van der Waals surface area contributed by atoms with Crippen molar-refractivity contribution in [2.45, 2.75) is 64.5 Å². The third kappa shape index (κ3) is 5.87. The number of amides is 4. The summed E-state index contributed by atoms with van der Waals surface area (Å²) in [7, 11) is 0. The first-order valence-electron chi connectivity index (χ1n) is 15.3. The molecule has 1 aliphatic carbocycles. The minimum atomic E-state index is -1.00. The third-order valence-electron chi connectivity index (χ3n) is 8.47. The van der Waals surface area contributed by atoms with E-state index in [4.69, 9.17) is 9.84 Å². The normalized spacial score (nSPS) is 20.3. The number of para-hydroxylation sites is 1. The Morgan fingerprint density at radius 2 is 1.70 bits per heavy atom. The monoisotopic (exact) mass is 600 g/mol. The minimum Gasteiger partial charge on any atom is -0.414 e. The van der Waals surface area contributed by atoms with E-state index in [1.54, 1.807) is 6.07 Å². The van der Waals surface area contributed by atoms with Crippen LogP contribution in [0.5, 0.6) is 0 Å². The van der Waals surface area contributed by atoms with Crippen LogP contribution in [0.3, 0.4) is 0 Å². The van der Waals surface area contributed by atoms with Gasteiger partial charge < -0.3 is 10.1 Å². The summed E-state index contributed by atoms with van der Waals surface area (Å²) >= 11 is 1.26. The fourth-order valence-corrected chi connectivity index (χ4v) is 7.13. The van der Waals surface area contributed by atoms with Gasteiger partial charge in [-0.2, -0.15) is 4.79 Å². The van der Waals surface area contributed by atoms with Gasteiger partial charge in [-0.3, -0.25) is 14.6 Å². The number of hydrogen-bond donors (Lipinski definition) is 1. The van der Waals surface area contributed by atoms with Gasteiger partial charge in [0, 0.05) is 28.9 Å². The van der Waals surface area contributed by atoms with Crippen LogP contribution in [0.1, 0.15) is 73.4 Å². The number of fused-ring (bicyclic) bond motifs is 1. The molecule has 3 heterocycles. The van der Waals surface area contributed by atoms with E-state index < -0.39 is 16.7 Å². The molecule has 1 unspecified atom stereocenters. The van der Waals surface area contributed by atoms with Crippen LogP contribution in [-0.4, -0.2) is 54.5 Å². The fourth-order valence-electron chi connectivity index (χ4n) is 6.16. The Bertz CT molecular complexity index is 1490. The molecule has 43 heavy (non-hydrogen) atoms. The van der Waals surface area contributed by atoms with E-state index in [0.29, 0.717) is 28.4 Å². The van der Waals surface area contributed by atoms with Crippen LogP contribution >= 0.6 is 11.3 Å². The van der Waals surface area contributed by atoms with Crippen LogP contribution in [0.2, 0.25) is 0 Å². The van der Waals surface area contributed by atoms with Gasteiger partial charge in [-0.05, 0) is 105 Å². The van der Waals surface area contributed by atoms with Gasteiger partial charge >= 0.3 is 12.1 Å². The van der Waals surface area contributed by atoms with E-state index in [9.17, 15) is 14.4 Å². The SMILES string of the molecule is CCN(C(=O)[N+]1(C(=O)OC2CCCC2)N=C(NC(=O)c2ccc(CN3CCCCC3)cc2)c2ccsc21)c1ccccc1. The summed E-state index contributed by atoms with van der Waals surface area (Å²) in [6.07, 6.45) is 6.20. The molecule has 9 nitrogen and oxygen atoms in total. The van der Waals surface area contributed by atoms with E-state index in [-0.39, 0.29) is 17.8 Å². The molecule has 2 fully saturated rings. The number of rotatable bonds is 6. The minimum absolute atomic E-state index is 0.180. The smallest absolute Gasteiger partial charge is 0.414 e. The predicted molar refractivity (Wildman–Crippen MR) is 169 cm³/mol. The highest BCUT2D eigenvalue weighted by molar-refractivity contribution is 7.14. The van der Waals surface area contributed by atoms with Gasteiger partial charge in [0.25, 0.3) is 5.91 Å². The van der Waals surface area contributed by atoms with E-state index in [1.807, 2.05) is 66.9 Å². The quantitative estimate of drug-likeness (QED) is 0.312. The molecule has 4 amide bonds. The number of amidine groups is 1. The number of thiophene rings is 1. The fraction of sp³-hybridized carbons (Fsp3) is 0.394. The van der Waals surface area contributed by atoms with Gasteiger partial charge in [-0.15, -0.1) is 0 Å². The number of urea groups is 1. The van der Waals surface area contributed by atoms with Crippen molar-refractivity contribution in [1.82, 2.24) is 14.8 Å². The van der Waals surface area contributed by atoms with Crippen molar-refractivity contribution in [3.05, 3.63) is 82.7 Å². The molecule has 2 aliphatic heterocycles. The number of carbonyl (C=O) groups excluding carboxylic acids is 3. The van der Waals surface area contributed by atoms with Crippen molar-refractivity contribution in [3.63, 3.8) is 0 Å². The Morgan fingerprint density at radius 1 is 0.977 bits per heavy atom. The number of piperidine rings is 1. The van der Waals surface area contributed by atoms with E-state index in [0.717, 1.165) is 50.9 Å². The Balaban J connectivity index is 1.30. The maximum absolute atomic E-state index is 14.5. The van der Waals surface area contributed by atoms with Gasteiger partial charge in [0.15, 0.2) is 0 Å². The molecular weight excluding hydrogens is 562 g/mol. The van der Waals surface area contributed by atoms with E-state index >= 15 is 0 Å². The van der Waals surface area contributed by atoms with Crippen LogP contribution < -0.4 is 14.8 Å². The number of nitrogens with one attached hydrogen (secondary N) is 1. The molecule has 2 aromatic carbocycles. The second-order valence-corrected chi connectivity index (χ2v) is 12.3. The first kappa shape index (κ1) is 29.2. The maximum Gasteiger partial charge on any atom is 0.559 e. The molecule has 3 aliphatic rings. The zero-order valence-electron chi connectivity index (χ0n) is 24.5. The molecule has 1 aromatic heterocycles. The molecule has 224 valence electrons. The molecule has 1 N–H and O–H groups in total. The number of quaternary nitrogens is 1. The lowest BCUT2D eigenvalue weighted by Crippen LogP contribution is -2.59. The van der Waals surface area contributed by atoms with E-state index in [1.165, 1.54) is 35.5 Å². The number of hydrogen-bond acceptors (Lipinski definition) is 7. The number of imide groups is 1. The van der Waals surface area contributed by atoms with Crippen molar-refractivity contribution in [3.8, 4) is 0 Å². The lowest BCUT2D eigenvalue weighted by molar-refractivity contribution is 0.0765. The Kier molecular flexibility index (Phi) is 8.69. The molecule has 0 radical (unpaired) electrons. The number of anilines is 1. The molecule has 10 heteroatoms. The second kappa shape index (κ2) is 12.8. The lowest BCUT2D eigenvalue weighted by atomic mass is 10.1. The summed E-state index contributed by atoms with van der Waals surface area (Å²) in [4.78, 5) is 46.0. The summed E-state index contributed by atoms with van der Waals surface area (Å²) in [5.41, 5.74) is 2.83. The van der Waals surface area contributed by atoms with Gasteiger partial charge in [0.1, 0.15) is 6.10 Å². The Morgan fingerprint density at radius 3 is 2.40 bits per heavy atom. The largest absolute Gasteiger partial charge is 0.559 e.